The van der Waals surface area contributed by atoms with Gasteiger partial charge in [-0.15, -0.1) is 0 Å². The third kappa shape index (κ3) is 4.73. The van der Waals surface area contributed by atoms with Crippen LogP contribution in [-0.4, -0.2) is 24.0 Å². The molecule has 0 aliphatic rings. The van der Waals surface area contributed by atoms with E-state index in [1.165, 1.54) is 5.56 Å². The number of benzene rings is 2. The smallest absolute Gasteiger partial charge is 0.317 e. The Balaban J connectivity index is 1.56. The highest BCUT2D eigenvalue weighted by Crippen LogP contribution is 2.34. The Hall–Kier alpha value is -3.15. The molecular formula is C21H23NO5. The summed E-state index contributed by atoms with van der Waals surface area (Å²) in [5.41, 5.74) is 1.43. The minimum atomic E-state index is -0.496. The number of ether oxygens (including phenoxy) is 2. The first-order chi connectivity index (χ1) is 13.2. The maximum absolute atomic E-state index is 11.8. The van der Waals surface area contributed by atoms with Gasteiger partial charge >= 0.3 is 5.95 Å². The molecule has 1 aromatic heterocycles. The second-order valence-corrected chi connectivity index (χ2v) is 6.22. The number of H-pyrrole nitrogens is 1. The zero-order valence-corrected chi connectivity index (χ0v) is 15.2. The van der Waals surface area contributed by atoms with Gasteiger partial charge in [-0.3, -0.25) is 4.79 Å². The summed E-state index contributed by atoms with van der Waals surface area (Å²) in [6.45, 7) is 0.544. The highest BCUT2D eigenvalue weighted by atomic mass is 16.6. The van der Waals surface area contributed by atoms with Crippen molar-refractivity contribution in [2.45, 2.75) is 25.7 Å². The molecule has 0 unspecified atom stereocenters. The Labute approximate surface area is 157 Å². The van der Waals surface area contributed by atoms with Gasteiger partial charge in [-0.2, -0.15) is 5.16 Å². The van der Waals surface area contributed by atoms with Crippen molar-refractivity contribution in [3.63, 3.8) is 0 Å². The van der Waals surface area contributed by atoms with Crippen molar-refractivity contribution in [3.05, 3.63) is 64.4 Å². The van der Waals surface area contributed by atoms with Crippen LogP contribution in [0.2, 0.25) is 0 Å². The van der Waals surface area contributed by atoms with Gasteiger partial charge < -0.3 is 19.1 Å². The maximum Gasteiger partial charge on any atom is 0.317 e. The molecule has 0 amide bonds. The van der Waals surface area contributed by atoms with Crippen molar-refractivity contribution in [3.8, 4) is 28.6 Å². The van der Waals surface area contributed by atoms with Gasteiger partial charge in [0.25, 0.3) is 5.56 Å². The Morgan fingerprint density at radius 2 is 1.85 bits per heavy atom. The highest BCUT2D eigenvalue weighted by molar-refractivity contribution is 5.69. The van der Waals surface area contributed by atoms with Crippen LogP contribution >= 0.6 is 0 Å². The van der Waals surface area contributed by atoms with Crippen LogP contribution in [0.4, 0.5) is 0 Å². The summed E-state index contributed by atoms with van der Waals surface area (Å²) in [6.07, 6.45) is 4.13. The number of rotatable bonds is 9. The standard InChI is InChI=1S/C21H23NO5/c1-25-17-12-11-16(19-20(23)22-27-21(19)24)14-18(17)26-13-7-3-6-10-15-8-4-2-5-9-15/h2,4-5,8-9,11-12,14,24H,3,6-7,10,13H2,1H3,(H,22,23). The van der Waals surface area contributed by atoms with Crippen molar-refractivity contribution in [2.24, 2.45) is 0 Å². The number of aromatic nitrogens is 1. The van der Waals surface area contributed by atoms with Crippen molar-refractivity contribution in [1.29, 1.82) is 0 Å². The van der Waals surface area contributed by atoms with Gasteiger partial charge in [0.1, 0.15) is 5.56 Å². The van der Waals surface area contributed by atoms with Crippen LogP contribution in [0.15, 0.2) is 57.8 Å². The van der Waals surface area contributed by atoms with Crippen LogP contribution in [0.25, 0.3) is 11.1 Å². The fourth-order valence-electron chi connectivity index (χ4n) is 2.93. The predicted octanol–water partition coefficient (Wildman–Crippen LogP) is 4.14. The van der Waals surface area contributed by atoms with Crippen LogP contribution in [-0.2, 0) is 6.42 Å². The number of aryl methyl sites for hydroxylation is 1. The van der Waals surface area contributed by atoms with Crippen LogP contribution in [0, 0.1) is 0 Å². The minimum absolute atomic E-state index is 0.0744. The van der Waals surface area contributed by atoms with E-state index >= 15 is 0 Å². The molecule has 6 heteroatoms. The van der Waals surface area contributed by atoms with Crippen LogP contribution in [0.1, 0.15) is 24.8 Å². The number of hydrogen-bond donors (Lipinski definition) is 2. The van der Waals surface area contributed by atoms with E-state index in [0.717, 1.165) is 25.7 Å². The third-order valence-electron chi connectivity index (χ3n) is 4.34. The highest BCUT2D eigenvalue weighted by Gasteiger charge is 2.16. The van der Waals surface area contributed by atoms with Crippen molar-refractivity contribution in [2.75, 3.05) is 13.7 Å². The van der Waals surface area contributed by atoms with Gasteiger partial charge in [0.05, 0.1) is 13.7 Å². The lowest BCUT2D eigenvalue weighted by Crippen LogP contribution is -2.03. The number of hydrogen-bond acceptors (Lipinski definition) is 5. The van der Waals surface area contributed by atoms with E-state index in [-0.39, 0.29) is 5.56 Å². The molecule has 3 aromatic rings. The maximum atomic E-state index is 11.8. The molecule has 2 N–H and O–H groups in total. The quantitative estimate of drug-likeness (QED) is 0.554. The van der Waals surface area contributed by atoms with Gasteiger partial charge in [-0.1, -0.05) is 30.3 Å². The SMILES string of the molecule is COc1ccc(-c2c(O)o[nH]c2=O)cc1OCCCCCc1ccccc1. The molecule has 0 spiro atoms. The molecule has 1 heterocycles. The van der Waals surface area contributed by atoms with E-state index in [1.807, 2.05) is 6.07 Å². The second-order valence-electron chi connectivity index (χ2n) is 6.22. The van der Waals surface area contributed by atoms with Gasteiger partial charge in [0.2, 0.25) is 0 Å². The zero-order valence-electron chi connectivity index (χ0n) is 15.2. The van der Waals surface area contributed by atoms with Gasteiger partial charge in [0, 0.05) is 0 Å². The van der Waals surface area contributed by atoms with E-state index in [0.29, 0.717) is 23.7 Å². The average molecular weight is 369 g/mol. The summed E-state index contributed by atoms with van der Waals surface area (Å²) in [7, 11) is 1.56. The largest absolute Gasteiger partial charge is 0.493 e. The first kappa shape index (κ1) is 18.6. The lowest BCUT2D eigenvalue weighted by Gasteiger charge is -2.12. The molecule has 0 radical (unpaired) electrons. The number of unbranched alkanes of at least 4 members (excludes halogenated alkanes) is 2. The zero-order chi connectivity index (χ0) is 19.1. The first-order valence-corrected chi connectivity index (χ1v) is 8.94. The molecule has 0 fully saturated rings. The monoisotopic (exact) mass is 369 g/mol. The van der Waals surface area contributed by atoms with Crippen molar-refractivity contribution >= 4 is 0 Å². The van der Waals surface area contributed by atoms with E-state index < -0.39 is 11.5 Å². The normalized spacial score (nSPS) is 10.7. The van der Waals surface area contributed by atoms with E-state index in [1.54, 1.807) is 25.3 Å². The predicted molar refractivity (Wildman–Crippen MR) is 102 cm³/mol. The van der Waals surface area contributed by atoms with Gasteiger partial charge in [-0.05, 0) is 55.0 Å². The average Bonchev–Trinajstić information content (AvgIpc) is 3.03. The molecule has 0 saturated carbocycles. The van der Waals surface area contributed by atoms with E-state index in [9.17, 15) is 9.90 Å². The Morgan fingerprint density at radius 3 is 2.56 bits per heavy atom. The van der Waals surface area contributed by atoms with E-state index in [2.05, 4.69) is 33.9 Å². The molecule has 2 aromatic carbocycles. The van der Waals surface area contributed by atoms with Crippen molar-refractivity contribution < 1.29 is 19.1 Å². The second kappa shape index (κ2) is 8.98. The van der Waals surface area contributed by atoms with Crippen LogP contribution in [0.5, 0.6) is 17.4 Å². The summed E-state index contributed by atoms with van der Waals surface area (Å²) in [5.74, 6) is 0.650. The van der Waals surface area contributed by atoms with Gasteiger partial charge in [-0.25, -0.2) is 0 Å². The summed E-state index contributed by atoms with van der Waals surface area (Å²) >= 11 is 0. The molecular weight excluding hydrogens is 346 g/mol. The molecule has 0 aliphatic heterocycles. The number of aromatic hydroxyl groups is 1. The fourth-order valence-corrected chi connectivity index (χ4v) is 2.93. The Kier molecular flexibility index (Phi) is 6.20. The molecule has 0 saturated heterocycles. The summed E-state index contributed by atoms with van der Waals surface area (Å²) in [6, 6.07) is 15.5. The molecule has 6 nitrogen and oxygen atoms in total. The molecule has 0 aliphatic carbocycles. The Bertz CT molecular complexity index is 914. The number of nitrogens with one attached hydrogen (secondary N) is 1. The lowest BCUT2D eigenvalue weighted by molar-refractivity contribution is 0.277. The van der Waals surface area contributed by atoms with Crippen LogP contribution in [0.3, 0.4) is 0 Å². The van der Waals surface area contributed by atoms with Crippen LogP contribution < -0.4 is 15.0 Å². The number of methoxy groups -OCH3 is 1. The first-order valence-electron chi connectivity index (χ1n) is 8.94. The minimum Gasteiger partial charge on any atom is -0.493 e. The molecule has 0 bridgehead atoms. The van der Waals surface area contributed by atoms with E-state index in [4.69, 9.17) is 9.47 Å². The summed E-state index contributed by atoms with van der Waals surface area (Å²) < 4.78 is 15.8. The molecule has 27 heavy (non-hydrogen) atoms. The number of aromatic amines is 1. The topological polar surface area (TPSA) is 84.7 Å². The van der Waals surface area contributed by atoms with Gasteiger partial charge in [0.15, 0.2) is 11.5 Å². The molecule has 142 valence electrons. The Morgan fingerprint density at radius 1 is 1.04 bits per heavy atom. The summed E-state index contributed by atoms with van der Waals surface area (Å²) in [5, 5.41) is 11.8. The van der Waals surface area contributed by atoms with Crippen molar-refractivity contribution in [1.82, 2.24) is 5.16 Å². The molecule has 3 rings (SSSR count). The lowest BCUT2D eigenvalue weighted by atomic mass is 10.1. The molecule has 0 atom stereocenters. The third-order valence-corrected chi connectivity index (χ3v) is 4.34. The summed E-state index contributed by atoms with van der Waals surface area (Å²) in [4.78, 5) is 11.8. The fraction of sp³-hybridized carbons (Fsp3) is 0.286.